The Labute approximate surface area is 591 Å². The van der Waals surface area contributed by atoms with Gasteiger partial charge >= 0.3 is 11.9 Å². The third-order valence-corrected chi connectivity index (χ3v) is 24.8. The number of aliphatic hydroxyl groups is 1. The molecule has 1 fully saturated rings. The number of hydrogen-bond donors (Lipinski definition) is 4. The van der Waals surface area contributed by atoms with Crippen LogP contribution in [0.5, 0.6) is 11.5 Å². The number of halogens is 4. The van der Waals surface area contributed by atoms with Crippen molar-refractivity contribution in [3.05, 3.63) is 201 Å². The number of hydrogen-bond acceptors (Lipinski definition) is 13. The molecule has 2 aliphatic heterocycles. The van der Waals surface area contributed by atoms with Crippen molar-refractivity contribution in [3.8, 4) is 34.3 Å². The fraction of sp³-hybridized carbons (Fsp3) is 0.410. The molecule has 0 amide bonds. The van der Waals surface area contributed by atoms with Crippen molar-refractivity contribution in [3.63, 3.8) is 0 Å². The van der Waals surface area contributed by atoms with Crippen molar-refractivity contribution in [1.29, 1.82) is 0 Å². The summed E-state index contributed by atoms with van der Waals surface area (Å²) in [4.78, 5) is 39.6. The van der Waals surface area contributed by atoms with Crippen molar-refractivity contribution in [2.24, 2.45) is 30.8 Å². The zero-order valence-corrected chi connectivity index (χ0v) is 60.2. The normalized spacial score (nSPS) is 20.6. The van der Waals surface area contributed by atoms with Gasteiger partial charge in [0.25, 0.3) is 0 Å². The lowest BCUT2D eigenvalue weighted by atomic mass is 9.75. The minimum atomic E-state index is -3.63. The van der Waals surface area contributed by atoms with Gasteiger partial charge in [-0.1, -0.05) is 88.2 Å². The lowest BCUT2D eigenvalue weighted by molar-refractivity contribution is -0.147. The number of H-pyrrole nitrogens is 2. The number of ether oxygens (including phenoxy) is 2. The van der Waals surface area contributed by atoms with Crippen LogP contribution in [0.15, 0.2) is 122 Å². The van der Waals surface area contributed by atoms with Crippen LogP contribution in [0.3, 0.4) is 0 Å². The number of aliphatic carboxylic acids is 1. The number of aromatic amines is 2. The number of nitrogens with one attached hydrogen (secondary N) is 2. The topological polar surface area (TPSA) is 254 Å². The summed E-state index contributed by atoms with van der Waals surface area (Å²) in [5, 5.41) is 31.9. The van der Waals surface area contributed by atoms with Crippen LogP contribution in [0.2, 0.25) is 0 Å². The van der Waals surface area contributed by atoms with Crippen LogP contribution in [-0.4, -0.2) is 108 Å². The van der Waals surface area contributed by atoms with Gasteiger partial charge in [-0.05, 0) is 178 Å². The molecule has 1 saturated carbocycles. The molecule has 4 N–H and O–H groups in total. The number of sulfone groups is 2. The van der Waals surface area contributed by atoms with E-state index < -0.39 is 71.3 Å². The Morgan fingerprint density at radius 1 is 0.657 bits per heavy atom. The number of esters is 1. The molecule has 18 nitrogen and oxygen atoms in total. The highest BCUT2D eigenvalue weighted by molar-refractivity contribution is 7.91. The van der Waals surface area contributed by atoms with Crippen LogP contribution in [0.1, 0.15) is 162 Å². The second-order valence-corrected chi connectivity index (χ2v) is 33.7. The van der Waals surface area contributed by atoms with E-state index in [0.29, 0.717) is 103 Å². The zero-order chi connectivity index (χ0) is 72.8. The molecule has 1 spiro atoms. The van der Waals surface area contributed by atoms with Crippen molar-refractivity contribution in [2.75, 3.05) is 29.6 Å². The molecule has 10 aromatic rings. The Hall–Kier alpha value is -9.00. The molecule has 0 radical (unpaired) electrons. The SMILES string of the molecule is CCOC(=O)C(C)Cc1cccc([C@@]2(C)CCCC3(CC3)CS(=O)(=O)CCc3c(c(F)cc4[nH]ccc34)Oc3ccc(F)c(c3)-c3nc2nn3C)c1.Cn1nc2nc1-c1cc(ccc1F)C(O)c1c(F)cc3[nH]ccc3c1CCS(=O)(=O)CC(C)(C)CCCC2(C)c1cccc(CCC(=O)O)c1. The Balaban J connectivity index is 0.000000193. The fourth-order valence-electron chi connectivity index (χ4n) is 15.0. The van der Waals surface area contributed by atoms with Gasteiger partial charge in [-0.3, -0.25) is 9.59 Å². The molecular formula is C78H86F4N8O10S2. The Morgan fingerprint density at radius 2 is 1.21 bits per heavy atom. The van der Waals surface area contributed by atoms with Crippen LogP contribution in [-0.2, 0) is 84.6 Å². The first-order valence-corrected chi connectivity index (χ1v) is 38.3. The summed E-state index contributed by atoms with van der Waals surface area (Å²) >= 11 is 0. The third kappa shape index (κ3) is 15.5. The second-order valence-electron chi connectivity index (χ2n) is 29.3. The van der Waals surface area contributed by atoms with Gasteiger partial charge in [0.2, 0.25) is 0 Å². The Bertz CT molecular complexity index is 5080. The largest absolute Gasteiger partial charge is 0.481 e. The van der Waals surface area contributed by atoms with Gasteiger partial charge < -0.3 is 29.7 Å². The van der Waals surface area contributed by atoms with Gasteiger partial charge in [0.15, 0.2) is 54.5 Å². The van der Waals surface area contributed by atoms with E-state index in [1.165, 1.54) is 53.2 Å². The average molecular weight is 1440 g/mol. The molecule has 4 aromatic heterocycles. The molecule has 102 heavy (non-hydrogen) atoms. The number of benzene rings is 6. The van der Waals surface area contributed by atoms with Crippen LogP contribution >= 0.6 is 0 Å². The van der Waals surface area contributed by atoms with E-state index in [9.17, 15) is 36.6 Å². The van der Waals surface area contributed by atoms with Crippen LogP contribution in [0, 0.1) is 40.0 Å². The molecule has 24 heteroatoms. The number of fused-ring (bicyclic) bond motifs is 16. The summed E-state index contributed by atoms with van der Waals surface area (Å²) in [6.07, 6.45) is 7.98. The van der Waals surface area contributed by atoms with E-state index in [1.54, 1.807) is 50.2 Å². The highest BCUT2D eigenvalue weighted by Crippen LogP contribution is 2.53. The molecular weight excluding hydrogens is 1350 g/mol. The zero-order valence-electron chi connectivity index (χ0n) is 58.6. The minimum absolute atomic E-state index is 0.0199. The first-order chi connectivity index (χ1) is 48.4. The van der Waals surface area contributed by atoms with Gasteiger partial charge in [0.05, 0.1) is 57.5 Å². The quantitative estimate of drug-likeness (QED) is 0.0775. The van der Waals surface area contributed by atoms with Crippen molar-refractivity contribution in [2.45, 2.75) is 142 Å². The number of nitrogens with zero attached hydrogens (tertiary/aromatic N) is 6. The van der Waals surface area contributed by atoms with E-state index in [2.05, 4.69) is 23.0 Å². The molecule has 3 unspecified atom stereocenters. The van der Waals surface area contributed by atoms with Crippen LogP contribution < -0.4 is 4.74 Å². The molecule has 6 heterocycles. The van der Waals surface area contributed by atoms with Gasteiger partial charge in [-0.15, -0.1) is 0 Å². The predicted molar refractivity (Wildman–Crippen MR) is 383 cm³/mol. The van der Waals surface area contributed by atoms with Gasteiger partial charge in [-0.2, -0.15) is 10.2 Å². The summed E-state index contributed by atoms with van der Waals surface area (Å²) in [5.74, 6) is -2.96. The Kier molecular flexibility index (Phi) is 20.5. The van der Waals surface area contributed by atoms with Gasteiger partial charge in [0, 0.05) is 71.9 Å². The number of carbonyl (C=O) groups is 2. The van der Waals surface area contributed by atoms with Crippen molar-refractivity contribution in [1.82, 2.24) is 39.5 Å². The molecule has 1 aliphatic carbocycles. The number of rotatable bonds is 9. The maximum atomic E-state index is 15.9. The summed E-state index contributed by atoms with van der Waals surface area (Å²) in [7, 11) is -3.79. The molecule has 8 bridgehead atoms. The number of carboxylic acids is 1. The maximum absolute atomic E-state index is 15.9. The number of aliphatic hydroxyl groups excluding tert-OH is 1. The lowest BCUT2D eigenvalue weighted by Gasteiger charge is -2.31. The summed E-state index contributed by atoms with van der Waals surface area (Å²) in [5.41, 5.74) is 3.28. The number of carboxylic acid groups (broad SMARTS) is 1. The van der Waals surface area contributed by atoms with E-state index in [4.69, 9.17) is 29.6 Å². The highest BCUT2D eigenvalue weighted by atomic mass is 32.2. The summed E-state index contributed by atoms with van der Waals surface area (Å²) in [6, 6.07) is 29.9. The van der Waals surface area contributed by atoms with E-state index in [-0.39, 0.29) is 105 Å². The standard InChI is InChI=1S/C40H44F2N4O5S.C38H42F2N4O5S/c1-5-50-37(47)25(2)20-26-8-6-9-27(21-26)39(3)14-7-15-40(16-17-40)24-52(48,49)19-13-30-29-12-18-43-34(29)23-33(42)35(30)51-28-10-11-32(41)31(22-28)36-44-38(39)45-46(36)4;1-37(2)15-6-16-38(3,25-8-5-7-23(19-25)9-12-32(45)46)36-42-35(44(4)43-36)28-20-24(10-11-29(28)39)34(47)33-27(14-18-50(48,49)22-37)26-13-17-41-31(26)21-30(33)40/h6,8-12,18,21-23,25,43H,5,7,13-17,19-20,24H2,1-4H3;5,7-8,10-11,13,17,19-21,34,41,47H,6,9,12,14-16,18,22H2,1-4H3,(H,45,46)/t25?,39-;/m1./s1. The fourth-order valence-corrected chi connectivity index (χ4v) is 19.1. The predicted octanol–water partition coefficient (Wildman–Crippen LogP) is 14.8. The number of carbonyl (C=O) groups excluding carboxylic acids is 1. The monoisotopic (exact) mass is 1430 g/mol. The second kappa shape index (κ2) is 28.7. The summed E-state index contributed by atoms with van der Waals surface area (Å²) < 4.78 is 132. The Morgan fingerprint density at radius 3 is 1.81 bits per heavy atom. The lowest BCUT2D eigenvalue weighted by Crippen LogP contribution is -2.29. The van der Waals surface area contributed by atoms with Crippen molar-refractivity contribution >= 4 is 53.4 Å². The first-order valence-electron chi connectivity index (χ1n) is 34.7. The summed E-state index contributed by atoms with van der Waals surface area (Å²) in [6.45, 7) is 11.8. The maximum Gasteiger partial charge on any atom is 0.308 e. The molecule has 538 valence electrons. The third-order valence-electron chi connectivity index (χ3n) is 20.9. The van der Waals surface area contributed by atoms with Crippen LogP contribution in [0.4, 0.5) is 17.6 Å². The minimum Gasteiger partial charge on any atom is -0.481 e. The van der Waals surface area contributed by atoms with Crippen molar-refractivity contribution < 1.29 is 63.7 Å². The van der Waals surface area contributed by atoms with E-state index >= 15 is 17.6 Å². The molecule has 3 aliphatic rings. The highest BCUT2D eigenvalue weighted by Gasteiger charge is 2.47. The molecule has 4 atom stereocenters. The van der Waals surface area contributed by atoms with Crippen LogP contribution in [0.25, 0.3) is 44.6 Å². The smallest absolute Gasteiger partial charge is 0.308 e. The van der Waals surface area contributed by atoms with E-state index in [1.807, 2.05) is 70.2 Å². The molecule has 13 rings (SSSR count). The molecule has 6 aromatic carbocycles. The van der Waals surface area contributed by atoms with E-state index in [0.717, 1.165) is 35.1 Å². The number of aromatic nitrogens is 8. The first kappa shape index (κ1) is 72.8. The van der Waals surface area contributed by atoms with Gasteiger partial charge in [0.1, 0.15) is 29.3 Å². The number of aryl methyl sites for hydroxylation is 5. The van der Waals surface area contributed by atoms with Gasteiger partial charge in [-0.25, -0.2) is 53.7 Å². The molecule has 0 saturated heterocycles. The average Bonchev–Trinajstić information content (AvgIpc) is 1.51.